The lowest BCUT2D eigenvalue weighted by Gasteiger charge is -2.19. The molecule has 1 N–H and O–H groups in total. The Morgan fingerprint density at radius 2 is 1.90 bits per heavy atom. The zero-order valence-corrected chi connectivity index (χ0v) is 13.4. The van der Waals surface area contributed by atoms with Gasteiger partial charge in [0.05, 0.1) is 5.56 Å². The molecule has 0 amide bonds. The number of aromatic amines is 1. The Labute approximate surface area is 128 Å². The molecule has 1 aromatic heterocycles. The predicted molar refractivity (Wildman–Crippen MR) is 86.0 cm³/mol. The zero-order valence-electron chi connectivity index (χ0n) is 12.7. The molecule has 0 saturated carbocycles. The smallest absolute Gasteiger partial charge is 0.297 e. The summed E-state index contributed by atoms with van der Waals surface area (Å²) in [6.45, 7) is 8.19. The van der Waals surface area contributed by atoms with Gasteiger partial charge in [-0.1, -0.05) is 62.2 Å². The molecule has 0 unspecified atom stereocenters. The minimum Gasteiger partial charge on any atom is -0.297 e. The third-order valence-electron chi connectivity index (χ3n) is 3.08. The minimum atomic E-state index is -0.476. The predicted octanol–water partition coefficient (Wildman–Crippen LogP) is 3.21. The first-order chi connectivity index (χ1) is 9.69. The monoisotopic (exact) mass is 306 g/mol. The van der Waals surface area contributed by atoms with Gasteiger partial charge in [-0.15, -0.1) is 0 Å². The topological polar surface area (TPSA) is 54.9 Å². The summed E-state index contributed by atoms with van der Waals surface area (Å²) in [5.74, 6) is 0. The number of nitrogens with one attached hydrogen (secondary N) is 1. The van der Waals surface area contributed by atoms with Gasteiger partial charge in [-0.3, -0.25) is 14.3 Å². The van der Waals surface area contributed by atoms with Gasteiger partial charge in [-0.25, -0.2) is 4.79 Å². The molecule has 21 heavy (non-hydrogen) atoms. The van der Waals surface area contributed by atoms with Gasteiger partial charge in [0.15, 0.2) is 0 Å². The lowest BCUT2D eigenvalue weighted by Crippen LogP contribution is -2.39. The van der Waals surface area contributed by atoms with Crippen LogP contribution < -0.4 is 11.2 Å². The van der Waals surface area contributed by atoms with Crippen molar-refractivity contribution in [3.8, 4) is 11.1 Å². The van der Waals surface area contributed by atoms with E-state index in [9.17, 15) is 9.59 Å². The molecule has 0 atom stereocenters. The van der Waals surface area contributed by atoms with E-state index in [-0.39, 0.29) is 16.1 Å². The van der Waals surface area contributed by atoms with E-state index < -0.39 is 5.69 Å². The highest BCUT2D eigenvalue weighted by Gasteiger charge is 2.19. The number of H-pyrrole nitrogens is 1. The molecule has 0 saturated heterocycles. The number of benzene rings is 1. The maximum absolute atomic E-state index is 12.7. The molecule has 0 fully saturated rings. The molecule has 2 aromatic rings. The molecule has 4 nitrogen and oxygen atoms in total. The van der Waals surface area contributed by atoms with Gasteiger partial charge in [0.2, 0.25) is 0 Å². The van der Waals surface area contributed by atoms with Crippen molar-refractivity contribution in [1.82, 2.24) is 9.55 Å². The van der Waals surface area contributed by atoms with Crippen molar-refractivity contribution in [3.63, 3.8) is 0 Å². The maximum atomic E-state index is 12.7. The molecular formula is C16H19ClN2O2. The van der Waals surface area contributed by atoms with Crippen molar-refractivity contribution in [2.75, 3.05) is 0 Å². The van der Waals surface area contributed by atoms with Crippen molar-refractivity contribution in [3.05, 3.63) is 55.8 Å². The Morgan fingerprint density at radius 1 is 1.24 bits per heavy atom. The van der Waals surface area contributed by atoms with Crippen LogP contribution in [0.2, 0.25) is 5.15 Å². The van der Waals surface area contributed by atoms with Crippen LogP contribution in [0.1, 0.15) is 26.3 Å². The Balaban J connectivity index is 2.71. The Hall–Kier alpha value is -1.81. The fraction of sp³-hybridized carbons (Fsp3) is 0.375. The van der Waals surface area contributed by atoms with Crippen LogP contribution in [0.15, 0.2) is 33.9 Å². The van der Waals surface area contributed by atoms with Crippen LogP contribution in [0.25, 0.3) is 11.1 Å². The summed E-state index contributed by atoms with van der Waals surface area (Å²) in [6.07, 6.45) is 0. The third kappa shape index (κ3) is 3.45. The molecule has 2 rings (SSSR count). The fourth-order valence-corrected chi connectivity index (χ4v) is 2.48. The van der Waals surface area contributed by atoms with Gasteiger partial charge in [0, 0.05) is 6.54 Å². The van der Waals surface area contributed by atoms with Crippen LogP contribution in [0, 0.1) is 12.3 Å². The van der Waals surface area contributed by atoms with Gasteiger partial charge in [-0.05, 0) is 17.9 Å². The summed E-state index contributed by atoms with van der Waals surface area (Å²) in [5.41, 5.74) is 1.06. The van der Waals surface area contributed by atoms with Gasteiger partial charge in [0.1, 0.15) is 5.15 Å². The molecule has 0 spiro atoms. The van der Waals surface area contributed by atoms with E-state index in [0.717, 1.165) is 5.56 Å². The number of rotatable bonds is 2. The van der Waals surface area contributed by atoms with Crippen LogP contribution in [0.3, 0.4) is 0 Å². The van der Waals surface area contributed by atoms with Gasteiger partial charge < -0.3 is 0 Å². The van der Waals surface area contributed by atoms with Crippen molar-refractivity contribution in [2.45, 2.75) is 34.2 Å². The summed E-state index contributed by atoms with van der Waals surface area (Å²) in [5, 5.41) is 0.0840. The molecule has 0 bridgehead atoms. The van der Waals surface area contributed by atoms with Gasteiger partial charge in [0.25, 0.3) is 5.56 Å². The zero-order chi connectivity index (χ0) is 15.8. The second-order valence-electron chi connectivity index (χ2n) is 6.44. The third-order valence-corrected chi connectivity index (χ3v) is 3.36. The lowest BCUT2D eigenvalue weighted by atomic mass is 9.96. The highest BCUT2D eigenvalue weighted by molar-refractivity contribution is 6.32. The summed E-state index contributed by atoms with van der Waals surface area (Å²) >= 11 is 6.10. The number of halogens is 1. The van der Waals surface area contributed by atoms with Crippen LogP contribution in [-0.2, 0) is 6.54 Å². The van der Waals surface area contributed by atoms with Gasteiger partial charge in [-0.2, -0.15) is 0 Å². The maximum Gasteiger partial charge on any atom is 0.329 e. The summed E-state index contributed by atoms with van der Waals surface area (Å²) in [4.78, 5) is 27.2. The largest absolute Gasteiger partial charge is 0.329 e. The van der Waals surface area contributed by atoms with E-state index in [2.05, 4.69) is 4.98 Å². The Morgan fingerprint density at radius 3 is 2.48 bits per heavy atom. The Bertz CT molecular complexity index is 782. The van der Waals surface area contributed by atoms with Crippen molar-refractivity contribution in [1.29, 1.82) is 0 Å². The summed E-state index contributed by atoms with van der Waals surface area (Å²) in [6, 6.07) is 7.49. The first-order valence-corrected chi connectivity index (χ1v) is 7.16. The molecular weight excluding hydrogens is 288 g/mol. The highest BCUT2D eigenvalue weighted by atomic mass is 35.5. The number of nitrogens with zero attached hydrogens (tertiary/aromatic N) is 1. The molecule has 0 aliphatic rings. The van der Waals surface area contributed by atoms with E-state index in [1.807, 2.05) is 52.0 Å². The number of hydrogen-bond donors (Lipinski definition) is 1. The standard InChI is InChI=1S/C16H19ClN2O2/c1-10-6-5-7-11(8-10)12-13(17)18-15(21)19(14(12)20)9-16(2,3)4/h5-8H,9H2,1-4H3,(H,18,21). The first-order valence-electron chi connectivity index (χ1n) is 6.79. The lowest BCUT2D eigenvalue weighted by molar-refractivity contribution is 0.331. The van der Waals surface area contributed by atoms with E-state index in [1.165, 1.54) is 4.57 Å². The second-order valence-corrected chi connectivity index (χ2v) is 6.82. The normalized spacial score (nSPS) is 11.7. The summed E-state index contributed by atoms with van der Waals surface area (Å²) < 4.78 is 1.21. The molecule has 0 aliphatic heterocycles. The SMILES string of the molecule is Cc1cccc(-c2c(Cl)[nH]c(=O)n(CC(C)(C)C)c2=O)c1. The molecule has 112 valence electrons. The van der Waals surface area contributed by atoms with E-state index in [4.69, 9.17) is 11.6 Å². The molecule has 5 heteroatoms. The van der Waals surface area contributed by atoms with Gasteiger partial charge >= 0.3 is 5.69 Å². The highest BCUT2D eigenvalue weighted by Crippen LogP contribution is 2.23. The molecule has 0 aliphatic carbocycles. The Kier molecular flexibility index (Phi) is 4.10. The van der Waals surface area contributed by atoms with E-state index in [0.29, 0.717) is 17.7 Å². The average Bonchev–Trinajstić information content (AvgIpc) is 2.33. The van der Waals surface area contributed by atoms with Crippen LogP contribution in [0.4, 0.5) is 0 Å². The van der Waals surface area contributed by atoms with E-state index in [1.54, 1.807) is 0 Å². The summed E-state index contributed by atoms with van der Waals surface area (Å²) in [7, 11) is 0. The minimum absolute atomic E-state index is 0.0840. The number of aryl methyl sites for hydroxylation is 1. The van der Waals surface area contributed by atoms with Crippen molar-refractivity contribution >= 4 is 11.6 Å². The molecule has 1 aromatic carbocycles. The van der Waals surface area contributed by atoms with Crippen LogP contribution in [0.5, 0.6) is 0 Å². The molecule has 1 heterocycles. The van der Waals surface area contributed by atoms with Crippen LogP contribution in [-0.4, -0.2) is 9.55 Å². The van der Waals surface area contributed by atoms with Crippen molar-refractivity contribution in [2.24, 2.45) is 5.41 Å². The second kappa shape index (κ2) is 5.53. The fourth-order valence-electron chi connectivity index (χ4n) is 2.21. The number of aromatic nitrogens is 2. The molecule has 0 radical (unpaired) electrons. The first kappa shape index (κ1) is 15.6. The average molecular weight is 307 g/mol. The quantitative estimate of drug-likeness (QED) is 0.866. The van der Waals surface area contributed by atoms with E-state index >= 15 is 0 Å². The van der Waals surface area contributed by atoms with Crippen LogP contribution >= 0.6 is 11.6 Å². The number of hydrogen-bond acceptors (Lipinski definition) is 2. The van der Waals surface area contributed by atoms with Crippen molar-refractivity contribution < 1.29 is 0 Å².